The second kappa shape index (κ2) is 5.24. The van der Waals surface area contributed by atoms with E-state index in [1.807, 2.05) is 13.0 Å². The maximum absolute atomic E-state index is 10.2. The zero-order valence-corrected chi connectivity index (χ0v) is 16.4. The van der Waals surface area contributed by atoms with Crippen molar-refractivity contribution in [3.8, 4) is 28.7 Å². The van der Waals surface area contributed by atoms with Crippen molar-refractivity contribution in [1.82, 2.24) is 0 Å². The summed E-state index contributed by atoms with van der Waals surface area (Å²) in [6.45, 7) is 10.3. The Morgan fingerprint density at radius 3 is 1.70 bits per heavy atom. The molecule has 5 nitrogen and oxygen atoms in total. The highest BCUT2D eigenvalue weighted by molar-refractivity contribution is 5.54. The highest BCUT2D eigenvalue weighted by Crippen LogP contribution is 2.55. The topological polar surface area (TPSA) is 79.2 Å². The molecule has 0 bridgehead atoms. The van der Waals surface area contributed by atoms with Crippen molar-refractivity contribution in [3.05, 3.63) is 41.0 Å². The predicted molar refractivity (Wildman–Crippen MR) is 102 cm³/mol. The van der Waals surface area contributed by atoms with Crippen molar-refractivity contribution >= 4 is 0 Å². The fraction of sp³-hybridized carbons (Fsp3) is 0.455. The first-order valence-electron chi connectivity index (χ1n) is 9.21. The third-order valence-corrected chi connectivity index (χ3v) is 5.85. The predicted octanol–water partition coefficient (Wildman–Crippen LogP) is 4.63. The number of hydrogen-bond donors (Lipinski definition) is 3. The quantitative estimate of drug-likeness (QED) is 0.589. The molecule has 1 unspecified atom stereocenters. The minimum atomic E-state index is -0.919. The van der Waals surface area contributed by atoms with Gasteiger partial charge in [0.25, 0.3) is 5.79 Å². The number of benzene rings is 2. The summed E-state index contributed by atoms with van der Waals surface area (Å²) in [6, 6.07) is 6.65. The molecule has 2 aromatic rings. The van der Waals surface area contributed by atoms with E-state index in [-0.39, 0.29) is 28.1 Å². The lowest BCUT2D eigenvalue weighted by Crippen LogP contribution is -2.55. The van der Waals surface area contributed by atoms with Crippen LogP contribution in [-0.4, -0.2) is 21.1 Å². The number of phenolic OH excluding ortho intramolecular Hbond substituents is 3. The first-order chi connectivity index (χ1) is 12.4. The molecule has 27 heavy (non-hydrogen) atoms. The summed E-state index contributed by atoms with van der Waals surface area (Å²) in [5.74, 6) is 0.0358. The minimum Gasteiger partial charge on any atom is -0.508 e. The van der Waals surface area contributed by atoms with Gasteiger partial charge in [0.15, 0.2) is 11.5 Å². The van der Waals surface area contributed by atoms with Crippen LogP contribution >= 0.6 is 0 Å². The first-order valence-corrected chi connectivity index (χ1v) is 9.21. The van der Waals surface area contributed by atoms with Gasteiger partial charge in [0, 0.05) is 46.9 Å². The van der Waals surface area contributed by atoms with Crippen LogP contribution in [0.1, 0.15) is 57.2 Å². The molecule has 0 saturated carbocycles. The lowest BCUT2D eigenvalue weighted by molar-refractivity contribution is -0.166. The lowest BCUT2D eigenvalue weighted by Gasteiger charge is -2.51. The fourth-order valence-corrected chi connectivity index (χ4v) is 4.63. The largest absolute Gasteiger partial charge is 0.508 e. The zero-order valence-electron chi connectivity index (χ0n) is 16.4. The Hall–Kier alpha value is -2.56. The van der Waals surface area contributed by atoms with Gasteiger partial charge in [-0.2, -0.15) is 0 Å². The highest BCUT2D eigenvalue weighted by atomic mass is 16.7. The maximum atomic E-state index is 10.2. The van der Waals surface area contributed by atoms with E-state index >= 15 is 0 Å². The van der Waals surface area contributed by atoms with Gasteiger partial charge in [-0.15, -0.1) is 0 Å². The van der Waals surface area contributed by atoms with Gasteiger partial charge in [0.2, 0.25) is 0 Å². The van der Waals surface area contributed by atoms with Crippen LogP contribution in [0.15, 0.2) is 24.3 Å². The van der Waals surface area contributed by atoms with Crippen molar-refractivity contribution in [2.45, 2.75) is 64.1 Å². The standard InChI is InChI=1S/C22H26O5/c1-12-6-13-18(8-15(12)23)26-22(10-20(13,2)3)11-21(4,5)14-7-16(24)17(25)9-19(14)27-22/h6-9,23-25H,10-11H2,1-5H3. The van der Waals surface area contributed by atoms with Crippen molar-refractivity contribution in [2.75, 3.05) is 0 Å². The SMILES string of the molecule is Cc1cc2c(cc1O)OC1(CC2(C)C)CC(C)(C)c2cc(O)c(O)cc2O1. The third kappa shape index (κ3) is 2.68. The van der Waals surface area contributed by atoms with Crippen molar-refractivity contribution < 1.29 is 24.8 Å². The molecule has 2 aliphatic heterocycles. The van der Waals surface area contributed by atoms with Gasteiger partial charge in [-0.25, -0.2) is 0 Å². The molecule has 1 atom stereocenters. The first kappa shape index (κ1) is 17.8. The number of fused-ring (bicyclic) bond motifs is 2. The average Bonchev–Trinajstić information content (AvgIpc) is 2.50. The molecular formula is C22H26O5. The van der Waals surface area contributed by atoms with E-state index in [1.165, 1.54) is 6.07 Å². The number of ether oxygens (including phenoxy) is 2. The van der Waals surface area contributed by atoms with Gasteiger partial charge in [0.1, 0.15) is 17.2 Å². The van der Waals surface area contributed by atoms with Crippen molar-refractivity contribution in [3.63, 3.8) is 0 Å². The summed E-state index contributed by atoms with van der Waals surface area (Å²) in [5.41, 5.74) is 2.14. The highest BCUT2D eigenvalue weighted by Gasteiger charge is 2.53. The van der Waals surface area contributed by atoms with Gasteiger partial charge >= 0.3 is 0 Å². The molecule has 0 saturated heterocycles. The summed E-state index contributed by atoms with van der Waals surface area (Å²) in [7, 11) is 0. The molecular weight excluding hydrogens is 344 g/mol. The second-order valence-corrected chi connectivity index (χ2v) is 9.21. The second-order valence-electron chi connectivity index (χ2n) is 9.21. The summed E-state index contributed by atoms with van der Waals surface area (Å²) in [6.07, 6.45) is 1.20. The summed E-state index contributed by atoms with van der Waals surface area (Å²) >= 11 is 0. The number of aryl methyl sites for hydroxylation is 1. The molecule has 0 amide bonds. The Morgan fingerprint density at radius 1 is 0.704 bits per heavy atom. The van der Waals surface area contributed by atoms with Crippen LogP contribution in [-0.2, 0) is 10.8 Å². The molecule has 144 valence electrons. The number of hydrogen-bond acceptors (Lipinski definition) is 5. The summed E-state index contributed by atoms with van der Waals surface area (Å²) < 4.78 is 12.7. The zero-order chi connectivity index (χ0) is 19.8. The molecule has 3 N–H and O–H groups in total. The molecule has 2 aromatic carbocycles. The van der Waals surface area contributed by atoms with Gasteiger partial charge < -0.3 is 24.8 Å². The Balaban J connectivity index is 1.85. The molecule has 1 spiro atoms. The van der Waals surface area contributed by atoms with Crippen LogP contribution in [0, 0.1) is 6.92 Å². The average molecular weight is 370 g/mol. The normalized spacial score (nSPS) is 24.5. The van der Waals surface area contributed by atoms with Crippen LogP contribution < -0.4 is 9.47 Å². The lowest BCUT2D eigenvalue weighted by atomic mass is 9.69. The minimum absolute atomic E-state index is 0.156. The van der Waals surface area contributed by atoms with E-state index < -0.39 is 5.79 Å². The maximum Gasteiger partial charge on any atom is 0.252 e. The van der Waals surface area contributed by atoms with Gasteiger partial charge in [-0.1, -0.05) is 27.7 Å². The van der Waals surface area contributed by atoms with Crippen LogP contribution in [0.5, 0.6) is 28.7 Å². The van der Waals surface area contributed by atoms with Crippen LogP contribution in [0.3, 0.4) is 0 Å². The molecule has 0 aromatic heterocycles. The summed E-state index contributed by atoms with van der Waals surface area (Å²) in [4.78, 5) is 0. The number of phenols is 3. The van der Waals surface area contributed by atoms with Crippen molar-refractivity contribution in [1.29, 1.82) is 0 Å². The van der Waals surface area contributed by atoms with E-state index in [4.69, 9.17) is 9.47 Å². The van der Waals surface area contributed by atoms with E-state index in [0.717, 1.165) is 16.7 Å². The number of aromatic hydroxyl groups is 3. The molecule has 2 aliphatic rings. The monoisotopic (exact) mass is 370 g/mol. The van der Waals surface area contributed by atoms with E-state index in [2.05, 4.69) is 27.7 Å². The van der Waals surface area contributed by atoms with E-state index in [1.54, 1.807) is 12.1 Å². The van der Waals surface area contributed by atoms with Gasteiger partial charge in [0.05, 0.1) is 0 Å². The van der Waals surface area contributed by atoms with Crippen molar-refractivity contribution in [2.24, 2.45) is 0 Å². The van der Waals surface area contributed by atoms with Crippen LogP contribution in [0.25, 0.3) is 0 Å². The van der Waals surface area contributed by atoms with Crippen LogP contribution in [0.2, 0.25) is 0 Å². The van der Waals surface area contributed by atoms with Gasteiger partial charge in [-0.3, -0.25) is 0 Å². The number of rotatable bonds is 0. The fourth-order valence-electron chi connectivity index (χ4n) is 4.63. The molecule has 5 heteroatoms. The van der Waals surface area contributed by atoms with Crippen LogP contribution in [0.4, 0.5) is 0 Å². The molecule has 4 rings (SSSR count). The van der Waals surface area contributed by atoms with Gasteiger partial charge in [-0.05, 0) is 24.6 Å². The summed E-state index contributed by atoms with van der Waals surface area (Å²) in [5, 5.41) is 30.0. The molecule has 2 heterocycles. The Bertz CT molecular complexity index is 865. The molecule has 0 aliphatic carbocycles. The smallest absolute Gasteiger partial charge is 0.252 e. The molecule has 0 radical (unpaired) electrons. The van der Waals surface area contributed by atoms with E-state index in [9.17, 15) is 15.3 Å². The molecule has 0 fully saturated rings. The Morgan fingerprint density at radius 2 is 1.15 bits per heavy atom. The van der Waals surface area contributed by atoms with E-state index in [0.29, 0.717) is 24.3 Å². The Labute approximate surface area is 159 Å². The Kier molecular flexibility index (Phi) is 3.46. The third-order valence-electron chi connectivity index (χ3n) is 5.85.